The van der Waals surface area contributed by atoms with Crippen molar-refractivity contribution in [3.63, 3.8) is 0 Å². The molecule has 12 heteroatoms. The topological polar surface area (TPSA) is 118 Å². The number of nitrogens with one attached hydrogen (secondary N) is 1. The standard InChI is InChI=1S/C23H18F2N8O2/c1-12-13(4-2-7-26-12)21-29-30-22(35-21)23(34)32-9-6-15-18(28-11-27-15)19(32)16-10-17-14(20(24)25)5-3-8-33(17)31-16/h2-5,7-8,10-11,19-20H,6,9H2,1H3,(H,27,28). The monoisotopic (exact) mass is 476 g/mol. The van der Waals surface area contributed by atoms with Crippen molar-refractivity contribution in [2.24, 2.45) is 0 Å². The van der Waals surface area contributed by atoms with Crippen LogP contribution in [0.4, 0.5) is 8.78 Å². The van der Waals surface area contributed by atoms with E-state index in [-0.39, 0.29) is 22.9 Å². The molecule has 1 aliphatic heterocycles. The Morgan fingerprint density at radius 2 is 2.11 bits per heavy atom. The predicted molar refractivity (Wildman–Crippen MR) is 118 cm³/mol. The molecule has 0 spiro atoms. The van der Waals surface area contributed by atoms with Crippen molar-refractivity contribution < 1.29 is 18.0 Å². The van der Waals surface area contributed by atoms with E-state index in [2.05, 4.69) is 30.2 Å². The van der Waals surface area contributed by atoms with Gasteiger partial charge in [0, 0.05) is 42.3 Å². The number of imidazole rings is 1. The Labute approximate surface area is 196 Å². The number of amides is 1. The summed E-state index contributed by atoms with van der Waals surface area (Å²) in [4.78, 5) is 26.8. The highest BCUT2D eigenvalue weighted by Crippen LogP contribution is 2.35. The molecule has 6 heterocycles. The molecular weight excluding hydrogens is 458 g/mol. The number of H-pyrrole nitrogens is 1. The van der Waals surface area contributed by atoms with Crippen LogP contribution in [0.15, 0.2) is 53.5 Å². The normalized spacial score (nSPS) is 15.7. The van der Waals surface area contributed by atoms with Gasteiger partial charge in [-0.25, -0.2) is 18.3 Å². The van der Waals surface area contributed by atoms with Crippen LogP contribution < -0.4 is 0 Å². The number of aromatic amines is 1. The summed E-state index contributed by atoms with van der Waals surface area (Å²) in [5, 5.41) is 12.5. The van der Waals surface area contributed by atoms with E-state index in [4.69, 9.17) is 4.42 Å². The molecule has 176 valence electrons. The lowest BCUT2D eigenvalue weighted by Gasteiger charge is -2.32. The number of aromatic nitrogens is 7. The Balaban J connectivity index is 1.42. The van der Waals surface area contributed by atoms with Gasteiger partial charge in [0.1, 0.15) is 6.04 Å². The smallest absolute Gasteiger partial charge is 0.312 e. The van der Waals surface area contributed by atoms with Gasteiger partial charge in [0.2, 0.25) is 5.89 Å². The molecule has 6 rings (SSSR count). The molecule has 35 heavy (non-hydrogen) atoms. The van der Waals surface area contributed by atoms with E-state index >= 15 is 0 Å². The zero-order valence-electron chi connectivity index (χ0n) is 18.4. The number of nitrogens with zero attached hydrogens (tertiary/aromatic N) is 7. The van der Waals surface area contributed by atoms with Gasteiger partial charge < -0.3 is 14.3 Å². The van der Waals surface area contributed by atoms with Crippen molar-refractivity contribution in [3.8, 4) is 11.5 Å². The molecule has 1 unspecified atom stereocenters. The van der Waals surface area contributed by atoms with E-state index in [1.807, 2.05) is 0 Å². The van der Waals surface area contributed by atoms with Gasteiger partial charge >= 0.3 is 11.8 Å². The third-order valence-electron chi connectivity index (χ3n) is 6.10. The maximum absolute atomic E-state index is 13.6. The Kier molecular flexibility index (Phi) is 4.87. The van der Waals surface area contributed by atoms with Crippen LogP contribution in [-0.4, -0.2) is 52.1 Å². The van der Waals surface area contributed by atoms with E-state index in [9.17, 15) is 13.6 Å². The van der Waals surface area contributed by atoms with E-state index in [0.29, 0.717) is 35.6 Å². The molecule has 0 radical (unpaired) electrons. The van der Waals surface area contributed by atoms with Crippen LogP contribution in [0.1, 0.15) is 51.5 Å². The Bertz CT molecular complexity index is 1560. The van der Waals surface area contributed by atoms with Crippen LogP contribution in [0.5, 0.6) is 0 Å². The summed E-state index contributed by atoms with van der Waals surface area (Å²) in [7, 11) is 0. The van der Waals surface area contributed by atoms with Crippen molar-refractivity contribution in [2.45, 2.75) is 25.8 Å². The summed E-state index contributed by atoms with van der Waals surface area (Å²) < 4.78 is 34.3. The molecule has 0 bridgehead atoms. The van der Waals surface area contributed by atoms with Crippen LogP contribution in [0.25, 0.3) is 17.0 Å². The average molecular weight is 476 g/mol. The number of rotatable bonds is 4. The van der Waals surface area contributed by atoms with E-state index in [0.717, 1.165) is 5.69 Å². The summed E-state index contributed by atoms with van der Waals surface area (Å²) in [5.74, 6) is -0.512. The minimum absolute atomic E-state index is 0.143. The highest BCUT2D eigenvalue weighted by Gasteiger charge is 2.38. The number of hydrogen-bond donors (Lipinski definition) is 1. The lowest BCUT2D eigenvalue weighted by atomic mass is 9.99. The summed E-state index contributed by atoms with van der Waals surface area (Å²) in [5.41, 5.74) is 3.28. The van der Waals surface area contributed by atoms with Gasteiger partial charge in [-0.15, -0.1) is 10.2 Å². The first-order chi connectivity index (χ1) is 17.0. The first-order valence-corrected chi connectivity index (χ1v) is 10.9. The van der Waals surface area contributed by atoms with Gasteiger partial charge in [0.25, 0.3) is 6.43 Å². The molecular formula is C23H18F2N8O2. The van der Waals surface area contributed by atoms with Crippen molar-refractivity contribution in [3.05, 3.63) is 83.3 Å². The lowest BCUT2D eigenvalue weighted by Crippen LogP contribution is -2.41. The fourth-order valence-corrected chi connectivity index (χ4v) is 4.42. The Morgan fingerprint density at radius 3 is 2.94 bits per heavy atom. The Morgan fingerprint density at radius 1 is 1.23 bits per heavy atom. The molecule has 1 atom stereocenters. The largest absolute Gasteiger partial charge is 0.412 e. The van der Waals surface area contributed by atoms with Crippen molar-refractivity contribution in [1.29, 1.82) is 0 Å². The van der Waals surface area contributed by atoms with Crippen molar-refractivity contribution >= 4 is 11.4 Å². The Hall–Kier alpha value is -4.48. The minimum atomic E-state index is -2.67. The third-order valence-corrected chi connectivity index (χ3v) is 6.10. The van der Waals surface area contributed by atoms with Crippen LogP contribution in [0.2, 0.25) is 0 Å². The minimum Gasteiger partial charge on any atom is -0.412 e. The average Bonchev–Trinajstić information content (AvgIpc) is 3.62. The van der Waals surface area contributed by atoms with Crippen LogP contribution >= 0.6 is 0 Å². The van der Waals surface area contributed by atoms with Crippen LogP contribution in [0.3, 0.4) is 0 Å². The quantitative estimate of drug-likeness (QED) is 0.422. The van der Waals surface area contributed by atoms with E-state index in [1.165, 1.54) is 21.5 Å². The number of carbonyl (C=O) groups excluding carboxylic acids is 1. The molecule has 0 fully saturated rings. The van der Waals surface area contributed by atoms with Crippen LogP contribution in [-0.2, 0) is 6.42 Å². The fraction of sp³-hybridized carbons (Fsp3) is 0.217. The lowest BCUT2D eigenvalue weighted by molar-refractivity contribution is 0.0646. The molecule has 0 aromatic carbocycles. The molecule has 5 aromatic rings. The molecule has 0 aliphatic carbocycles. The summed E-state index contributed by atoms with van der Waals surface area (Å²) in [6, 6.07) is 7.23. The number of alkyl halides is 2. The van der Waals surface area contributed by atoms with Gasteiger partial charge in [-0.3, -0.25) is 9.78 Å². The number of fused-ring (bicyclic) bond motifs is 2. The molecule has 1 amide bonds. The predicted octanol–water partition coefficient (Wildman–Crippen LogP) is 3.54. The SMILES string of the molecule is Cc1ncccc1-c1nnc(C(=O)N2CCc3[nH]cnc3C2c2cc3c(C(F)F)cccn3n2)o1. The molecule has 5 aromatic heterocycles. The highest BCUT2D eigenvalue weighted by molar-refractivity contribution is 5.90. The second kappa shape index (κ2) is 8.08. The number of hydrogen-bond acceptors (Lipinski definition) is 7. The molecule has 1 N–H and O–H groups in total. The number of aryl methyl sites for hydroxylation is 1. The highest BCUT2D eigenvalue weighted by atomic mass is 19.3. The van der Waals surface area contributed by atoms with E-state index < -0.39 is 18.4 Å². The summed E-state index contributed by atoms with van der Waals surface area (Å²) >= 11 is 0. The second-order valence-corrected chi connectivity index (χ2v) is 8.13. The van der Waals surface area contributed by atoms with Gasteiger partial charge in [0.15, 0.2) is 0 Å². The molecule has 0 saturated heterocycles. The maximum atomic E-state index is 13.6. The van der Waals surface area contributed by atoms with E-state index in [1.54, 1.807) is 43.8 Å². The van der Waals surface area contributed by atoms with Gasteiger partial charge in [-0.05, 0) is 37.3 Å². The zero-order chi connectivity index (χ0) is 24.1. The first kappa shape index (κ1) is 21.1. The fourth-order valence-electron chi connectivity index (χ4n) is 4.42. The first-order valence-electron chi connectivity index (χ1n) is 10.9. The van der Waals surface area contributed by atoms with Crippen molar-refractivity contribution in [2.75, 3.05) is 6.54 Å². The summed E-state index contributed by atoms with van der Waals surface area (Å²) in [6.45, 7) is 2.12. The van der Waals surface area contributed by atoms with Crippen LogP contribution in [0, 0.1) is 6.92 Å². The van der Waals surface area contributed by atoms with Gasteiger partial charge in [-0.1, -0.05) is 0 Å². The molecule has 10 nitrogen and oxygen atoms in total. The maximum Gasteiger partial charge on any atom is 0.312 e. The number of carbonyl (C=O) groups is 1. The second-order valence-electron chi connectivity index (χ2n) is 8.13. The third kappa shape index (κ3) is 3.45. The van der Waals surface area contributed by atoms with Gasteiger partial charge in [-0.2, -0.15) is 5.10 Å². The number of pyridine rings is 2. The zero-order valence-corrected chi connectivity index (χ0v) is 18.4. The molecule has 0 saturated carbocycles. The van der Waals surface area contributed by atoms with Gasteiger partial charge in [0.05, 0.1) is 28.8 Å². The van der Waals surface area contributed by atoms with Crippen molar-refractivity contribution in [1.82, 2.24) is 39.7 Å². The molecule has 1 aliphatic rings. The summed E-state index contributed by atoms with van der Waals surface area (Å²) in [6.07, 6.45) is 2.64. The number of halogens is 2.